The molecule has 1 aromatic heterocycles. The van der Waals surface area contributed by atoms with Gasteiger partial charge in [-0.3, -0.25) is 4.79 Å². The molecule has 0 unspecified atom stereocenters. The van der Waals surface area contributed by atoms with Gasteiger partial charge in [0.1, 0.15) is 16.4 Å². The van der Waals surface area contributed by atoms with E-state index in [2.05, 4.69) is 5.32 Å². The lowest BCUT2D eigenvalue weighted by molar-refractivity contribution is 0.0952. The minimum atomic E-state index is -0.360. The average Bonchev–Trinajstić information content (AvgIpc) is 2.91. The molecule has 2 aromatic carbocycles. The van der Waals surface area contributed by atoms with Crippen molar-refractivity contribution in [2.75, 3.05) is 7.11 Å². The van der Waals surface area contributed by atoms with E-state index in [1.807, 2.05) is 12.1 Å². The van der Waals surface area contributed by atoms with Crippen LogP contribution in [0.5, 0.6) is 5.75 Å². The van der Waals surface area contributed by atoms with E-state index in [0.29, 0.717) is 27.6 Å². The summed E-state index contributed by atoms with van der Waals surface area (Å²) in [4.78, 5) is 12.9. The van der Waals surface area contributed by atoms with Crippen molar-refractivity contribution in [3.63, 3.8) is 0 Å². The number of hydrogen-bond acceptors (Lipinski definition) is 3. The van der Waals surface area contributed by atoms with Crippen LogP contribution in [0.25, 0.3) is 10.1 Å². The number of hydrogen-bond donors (Lipinski definition) is 1. The molecule has 0 radical (unpaired) electrons. The maximum Gasteiger partial charge on any atom is 0.265 e. The molecule has 0 atom stereocenters. The predicted molar refractivity (Wildman–Crippen MR) is 91.0 cm³/mol. The first-order chi connectivity index (χ1) is 11.1. The van der Waals surface area contributed by atoms with E-state index < -0.39 is 0 Å². The Balaban J connectivity index is 1.84. The molecule has 0 aliphatic carbocycles. The molecule has 3 aromatic rings. The highest BCUT2D eigenvalue weighted by atomic mass is 35.5. The van der Waals surface area contributed by atoms with E-state index >= 15 is 0 Å². The van der Waals surface area contributed by atoms with Crippen molar-refractivity contribution >= 4 is 38.9 Å². The number of nitrogens with one attached hydrogen (secondary N) is 1. The summed E-state index contributed by atoms with van der Waals surface area (Å²) in [6.45, 7) is 0.377. The standard InChI is InChI=1S/C17H13ClFNO2S/c1-22-15-13-8-12(19)6-7-14(13)23-16(15)17(21)20-9-10-2-4-11(18)5-3-10/h2-8H,9H2,1H3,(H,20,21). The third-order valence-electron chi connectivity index (χ3n) is 3.38. The van der Waals surface area contributed by atoms with Gasteiger partial charge in [-0.15, -0.1) is 11.3 Å². The highest BCUT2D eigenvalue weighted by molar-refractivity contribution is 7.21. The number of carbonyl (C=O) groups excluding carboxylic acids is 1. The Morgan fingerprint density at radius 3 is 2.70 bits per heavy atom. The first kappa shape index (κ1) is 15.8. The second-order valence-electron chi connectivity index (χ2n) is 4.91. The van der Waals surface area contributed by atoms with Gasteiger partial charge in [0.15, 0.2) is 0 Å². The Kier molecular flexibility index (Phi) is 4.50. The van der Waals surface area contributed by atoms with Crippen molar-refractivity contribution in [2.24, 2.45) is 0 Å². The van der Waals surface area contributed by atoms with E-state index in [1.165, 1.54) is 30.6 Å². The number of methoxy groups -OCH3 is 1. The topological polar surface area (TPSA) is 38.3 Å². The number of rotatable bonds is 4. The number of benzene rings is 2. The molecule has 118 valence electrons. The van der Waals surface area contributed by atoms with Crippen LogP contribution >= 0.6 is 22.9 Å². The highest BCUT2D eigenvalue weighted by Gasteiger charge is 2.19. The molecular formula is C17H13ClFNO2S. The fourth-order valence-corrected chi connectivity index (χ4v) is 3.46. The zero-order valence-electron chi connectivity index (χ0n) is 12.2. The highest BCUT2D eigenvalue weighted by Crippen LogP contribution is 2.37. The predicted octanol–water partition coefficient (Wildman–Crippen LogP) is 4.63. The second kappa shape index (κ2) is 6.56. The fourth-order valence-electron chi connectivity index (χ4n) is 2.26. The Morgan fingerprint density at radius 1 is 1.26 bits per heavy atom. The van der Waals surface area contributed by atoms with Crippen LogP contribution < -0.4 is 10.1 Å². The summed E-state index contributed by atoms with van der Waals surface area (Å²) in [5.41, 5.74) is 0.939. The van der Waals surface area contributed by atoms with Gasteiger partial charge >= 0.3 is 0 Å². The van der Waals surface area contributed by atoms with Gasteiger partial charge in [0, 0.05) is 21.7 Å². The maximum atomic E-state index is 13.4. The second-order valence-corrected chi connectivity index (χ2v) is 6.40. The minimum Gasteiger partial charge on any atom is -0.494 e. The van der Waals surface area contributed by atoms with Crippen LogP contribution in [0.1, 0.15) is 15.2 Å². The normalized spacial score (nSPS) is 10.7. The van der Waals surface area contributed by atoms with Gasteiger partial charge in [0.05, 0.1) is 7.11 Å². The van der Waals surface area contributed by atoms with Crippen molar-refractivity contribution in [3.8, 4) is 5.75 Å². The largest absolute Gasteiger partial charge is 0.494 e. The van der Waals surface area contributed by atoms with E-state index in [0.717, 1.165) is 10.3 Å². The number of halogens is 2. The number of amides is 1. The number of fused-ring (bicyclic) bond motifs is 1. The molecule has 0 saturated heterocycles. The van der Waals surface area contributed by atoms with Crippen molar-refractivity contribution in [2.45, 2.75) is 6.54 Å². The summed E-state index contributed by atoms with van der Waals surface area (Å²) in [6.07, 6.45) is 0. The van der Waals surface area contributed by atoms with Crippen molar-refractivity contribution < 1.29 is 13.9 Å². The first-order valence-corrected chi connectivity index (χ1v) is 8.06. The quantitative estimate of drug-likeness (QED) is 0.745. The Labute approximate surface area is 141 Å². The van der Waals surface area contributed by atoms with Gasteiger partial charge in [-0.1, -0.05) is 23.7 Å². The van der Waals surface area contributed by atoms with Gasteiger partial charge < -0.3 is 10.1 Å². The van der Waals surface area contributed by atoms with Crippen LogP contribution in [0, 0.1) is 5.82 Å². The van der Waals surface area contributed by atoms with Crippen molar-refractivity contribution in [1.82, 2.24) is 5.32 Å². The third-order valence-corrected chi connectivity index (χ3v) is 4.78. The summed E-state index contributed by atoms with van der Waals surface area (Å²) in [6, 6.07) is 11.6. The summed E-state index contributed by atoms with van der Waals surface area (Å²) in [5.74, 6) is -0.210. The van der Waals surface area contributed by atoms with Crippen LogP contribution in [0.4, 0.5) is 4.39 Å². The number of carbonyl (C=O) groups is 1. The van der Waals surface area contributed by atoms with Crippen LogP contribution in [-0.4, -0.2) is 13.0 Å². The molecule has 23 heavy (non-hydrogen) atoms. The fraction of sp³-hybridized carbons (Fsp3) is 0.118. The molecule has 0 spiro atoms. The first-order valence-electron chi connectivity index (χ1n) is 6.87. The minimum absolute atomic E-state index is 0.251. The van der Waals surface area contributed by atoms with Crippen LogP contribution in [-0.2, 0) is 6.54 Å². The lowest BCUT2D eigenvalue weighted by atomic mass is 10.2. The zero-order valence-corrected chi connectivity index (χ0v) is 13.8. The van der Waals surface area contributed by atoms with Gasteiger partial charge in [-0.05, 0) is 35.9 Å². The molecule has 6 heteroatoms. The Hall–Kier alpha value is -2.11. The summed E-state index contributed by atoms with van der Waals surface area (Å²) < 4.78 is 19.5. The molecule has 3 rings (SSSR count). The molecule has 1 N–H and O–H groups in total. The lowest BCUT2D eigenvalue weighted by Crippen LogP contribution is -2.22. The molecule has 0 aliphatic heterocycles. The molecule has 1 heterocycles. The molecule has 0 aliphatic rings. The van der Waals surface area contributed by atoms with Gasteiger partial charge in [0.2, 0.25) is 0 Å². The van der Waals surface area contributed by atoms with Crippen LogP contribution in [0.2, 0.25) is 5.02 Å². The van der Waals surface area contributed by atoms with Gasteiger partial charge in [-0.2, -0.15) is 0 Å². The molecule has 3 nitrogen and oxygen atoms in total. The number of ether oxygens (including phenoxy) is 1. The molecule has 0 bridgehead atoms. The average molecular weight is 350 g/mol. The smallest absolute Gasteiger partial charge is 0.265 e. The van der Waals surface area contributed by atoms with E-state index in [1.54, 1.807) is 18.2 Å². The Bertz CT molecular complexity index is 861. The number of thiophene rings is 1. The molecule has 0 saturated carbocycles. The van der Waals surface area contributed by atoms with E-state index in [4.69, 9.17) is 16.3 Å². The van der Waals surface area contributed by atoms with Crippen LogP contribution in [0.3, 0.4) is 0 Å². The lowest BCUT2D eigenvalue weighted by Gasteiger charge is -2.06. The third kappa shape index (κ3) is 3.30. The SMILES string of the molecule is COc1c(C(=O)NCc2ccc(Cl)cc2)sc2ccc(F)cc12. The summed E-state index contributed by atoms with van der Waals surface area (Å²) in [7, 11) is 1.47. The summed E-state index contributed by atoms with van der Waals surface area (Å²) >= 11 is 7.11. The van der Waals surface area contributed by atoms with E-state index in [-0.39, 0.29) is 11.7 Å². The molecule has 1 amide bonds. The maximum absolute atomic E-state index is 13.4. The Morgan fingerprint density at radius 2 is 2.00 bits per heavy atom. The molecule has 0 fully saturated rings. The van der Waals surface area contributed by atoms with Gasteiger partial charge in [0.25, 0.3) is 5.91 Å². The van der Waals surface area contributed by atoms with Crippen LogP contribution in [0.15, 0.2) is 42.5 Å². The zero-order chi connectivity index (χ0) is 16.4. The molecular weight excluding hydrogens is 337 g/mol. The van der Waals surface area contributed by atoms with Gasteiger partial charge in [-0.25, -0.2) is 4.39 Å². The van der Waals surface area contributed by atoms with Crippen molar-refractivity contribution in [3.05, 3.63) is 63.7 Å². The van der Waals surface area contributed by atoms with Crippen molar-refractivity contribution in [1.29, 1.82) is 0 Å². The van der Waals surface area contributed by atoms with E-state index in [9.17, 15) is 9.18 Å². The monoisotopic (exact) mass is 349 g/mol. The summed E-state index contributed by atoms with van der Waals surface area (Å²) in [5, 5.41) is 4.09.